The summed E-state index contributed by atoms with van der Waals surface area (Å²) in [6, 6.07) is 8.18. The molecule has 1 aliphatic heterocycles. The fraction of sp³-hybridized carbons (Fsp3) is 0.391. The molecule has 0 aromatic heterocycles. The highest BCUT2D eigenvalue weighted by atomic mass is 16.7. The van der Waals surface area contributed by atoms with E-state index in [0.717, 1.165) is 11.4 Å². The standard InChI is InChI=1S/C23H28N2O6/c1-16(2)22(28)30-15-14-29-20(26)10-11-21(27)31-24-13-12-19-23(3,4)17-8-6-7-9-18(17)25(19)5/h6-9,12-13H,1,10-11,14-15H2,2-5H3/p+1. The summed E-state index contributed by atoms with van der Waals surface area (Å²) in [6.45, 7) is 9.07. The first kappa shape index (κ1) is 23.9. The number of benzene rings is 1. The van der Waals surface area contributed by atoms with Gasteiger partial charge < -0.3 is 14.3 Å². The van der Waals surface area contributed by atoms with Crippen molar-refractivity contribution in [3.8, 4) is 0 Å². The Bertz CT molecular complexity index is 930. The maximum atomic E-state index is 11.8. The first-order valence-electron chi connectivity index (χ1n) is 9.95. The van der Waals surface area contributed by atoms with E-state index < -0.39 is 17.9 Å². The van der Waals surface area contributed by atoms with E-state index in [-0.39, 0.29) is 37.0 Å². The van der Waals surface area contributed by atoms with E-state index >= 15 is 0 Å². The molecule has 0 amide bonds. The van der Waals surface area contributed by atoms with Crippen molar-refractivity contribution >= 4 is 29.3 Å². The largest absolute Gasteiger partial charge is 0.462 e. The van der Waals surface area contributed by atoms with Crippen LogP contribution in [-0.4, -0.2) is 48.5 Å². The zero-order valence-electron chi connectivity index (χ0n) is 18.4. The second-order valence-corrected chi connectivity index (χ2v) is 7.65. The molecule has 1 aromatic carbocycles. The number of hydrogen-bond acceptors (Lipinski definition) is 7. The number of esters is 2. The molecule has 0 aliphatic carbocycles. The van der Waals surface area contributed by atoms with Gasteiger partial charge in [0.15, 0.2) is 5.71 Å². The number of carbonyl (C=O) groups excluding carboxylic acids is 3. The monoisotopic (exact) mass is 429 g/mol. The predicted octanol–water partition coefficient (Wildman–Crippen LogP) is 2.70. The van der Waals surface area contributed by atoms with Gasteiger partial charge in [0.1, 0.15) is 20.3 Å². The van der Waals surface area contributed by atoms with Crippen LogP contribution in [0.25, 0.3) is 0 Å². The van der Waals surface area contributed by atoms with Gasteiger partial charge in [0, 0.05) is 29.5 Å². The van der Waals surface area contributed by atoms with Crippen LogP contribution < -0.4 is 5.48 Å². The van der Waals surface area contributed by atoms with Crippen molar-refractivity contribution in [1.82, 2.24) is 5.48 Å². The Morgan fingerprint density at radius 2 is 1.74 bits per heavy atom. The number of para-hydroxylation sites is 1. The van der Waals surface area contributed by atoms with Crippen LogP contribution in [-0.2, 0) is 34.1 Å². The van der Waals surface area contributed by atoms with Gasteiger partial charge in [0.05, 0.1) is 18.3 Å². The fourth-order valence-corrected chi connectivity index (χ4v) is 3.25. The third-order valence-electron chi connectivity index (χ3n) is 4.88. The highest BCUT2D eigenvalue weighted by Crippen LogP contribution is 2.38. The molecule has 2 rings (SSSR count). The zero-order chi connectivity index (χ0) is 23.0. The Kier molecular flexibility index (Phi) is 8.13. The van der Waals surface area contributed by atoms with Crippen LogP contribution in [0.3, 0.4) is 0 Å². The van der Waals surface area contributed by atoms with E-state index in [0.29, 0.717) is 0 Å². The Morgan fingerprint density at radius 1 is 1.10 bits per heavy atom. The van der Waals surface area contributed by atoms with E-state index in [1.807, 2.05) is 25.3 Å². The molecule has 0 radical (unpaired) electrons. The molecule has 166 valence electrons. The molecule has 1 N–H and O–H groups in total. The number of rotatable bonds is 10. The summed E-state index contributed by atoms with van der Waals surface area (Å²) in [5.41, 5.74) is 5.99. The van der Waals surface area contributed by atoms with Gasteiger partial charge in [-0.15, -0.1) is 0 Å². The van der Waals surface area contributed by atoms with Crippen molar-refractivity contribution in [1.29, 1.82) is 0 Å². The van der Waals surface area contributed by atoms with Gasteiger partial charge in [0.2, 0.25) is 5.69 Å². The van der Waals surface area contributed by atoms with E-state index in [1.54, 1.807) is 6.20 Å². The highest BCUT2D eigenvalue weighted by Gasteiger charge is 2.42. The lowest BCUT2D eigenvalue weighted by Gasteiger charge is -2.15. The number of hydroxylamine groups is 1. The lowest BCUT2D eigenvalue weighted by atomic mass is 9.81. The first-order chi connectivity index (χ1) is 14.6. The molecule has 0 atom stereocenters. The van der Waals surface area contributed by atoms with Crippen LogP contribution in [0.2, 0.25) is 0 Å². The molecule has 0 unspecified atom stereocenters. The third kappa shape index (κ3) is 6.28. The van der Waals surface area contributed by atoms with Gasteiger partial charge in [-0.1, -0.05) is 24.8 Å². The van der Waals surface area contributed by atoms with Gasteiger partial charge in [-0.2, -0.15) is 4.58 Å². The summed E-state index contributed by atoms with van der Waals surface area (Å²) in [5, 5.41) is 0. The summed E-state index contributed by atoms with van der Waals surface area (Å²) >= 11 is 0. The highest BCUT2D eigenvalue weighted by molar-refractivity contribution is 6.02. The quantitative estimate of drug-likeness (QED) is 0.153. The predicted molar refractivity (Wildman–Crippen MR) is 115 cm³/mol. The average Bonchev–Trinajstić information content (AvgIpc) is 2.92. The number of nitrogens with one attached hydrogen (secondary N) is 1. The van der Waals surface area contributed by atoms with Crippen LogP contribution in [0.5, 0.6) is 0 Å². The van der Waals surface area contributed by atoms with E-state index in [9.17, 15) is 14.4 Å². The van der Waals surface area contributed by atoms with Crippen molar-refractivity contribution < 1.29 is 33.3 Å². The first-order valence-corrected chi connectivity index (χ1v) is 9.95. The number of fused-ring (bicyclic) bond motifs is 1. The van der Waals surface area contributed by atoms with Gasteiger partial charge in [-0.3, -0.25) is 4.79 Å². The van der Waals surface area contributed by atoms with Gasteiger partial charge >= 0.3 is 17.9 Å². The van der Waals surface area contributed by atoms with E-state index in [1.165, 1.54) is 12.5 Å². The Balaban J connectivity index is 1.70. The molecule has 0 saturated heterocycles. The van der Waals surface area contributed by atoms with Crippen LogP contribution in [0.1, 0.15) is 39.2 Å². The molecule has 31 heavy (non-hydrogen) atoms. The van der Waals surface area contributed by atoms with Gasteiger partial charge in [-0.05, 0) is 20.8 Å². The second-order valence-electron chi connectivity index (χ2n) is 7.65. The summed E-state index contributed by atoms with van der Waals surface area (Å²) in [7, 11) is 1.99. The van der Waals surface area contributed by atoms with Crippen molar-refractivity contribution in [3.63, 3.8) is 0 Å². The maximum Gasteiger partial charge on any atom is 0.333 e. The van der Waals surface area contributed by atoms with Gasteiger partial charge in [0.25, 0.3) is 0 Å². The Hall–Kier alpha value is -3.42. The fourth-order valence-electron chi connectivity index (χ4n) is 3.25. The summed E-state index contributed by atoms with van der Waals surface area (Å²) < 4.78 is 11.8. The molecular weight excluding hydrogens is 400 g/mol. The second kappa shape index (κ2) is 10.6. The molecule has 0 saturated carbocycles. The summed E-state index contributed by atoms with van der Waals surface area (Å²) in [5.74, 6) is -1.72. The van der Waals surface area contributed by atoms with Gasteiger partial charge in [-0.25, -0.2) is 15.1 Å². The van der Waals surface area contributed by atoms with E-state index in [4.69, 9.17) is 14.3 Å². The lowest BCUT2D eigenvalue weighted by molar-refractivity contribution is -0.401. The minimum atomic E-state index is -0.595. The molecule has 1 aliphatic rings. The molecule has 0 fully saturated rings. The summed E-state index contributed by atoms with van der Waals surface area (Å²) in [6.07, 6.45) is 3.12. The number of hydrogen-bond donors (Lipinski definition) is 1. The number of nitrogens with zero attached hydrogens (tertiary/aromatic N) is 1. The van der Waals surface area contributed by atoms with Crippen LogP contribution >= 0.6 is 0 Å². The minimum absolute atomic E-state index is 0.0677. The van der Waals surface area contributed by atoms with Crippen LogP contribution in [0, 0.1) is 0 Å². The number of ether oxygens (including phenoxy) is 2. The normalized spacial score (nSPS) is 14.2. The molecule has 1 aromatic rings. The third-order valence-corrected chi connectivity index (χ3v) is 4.88. The van der Waals surface area contributed by atoms with Crippen LogP contribution in [0.15, 0.2) is 48.7 Å². The van der Waals surface area contributed by atoms with Crippen molar-refractivity contribution in [2.75, 3.05) is 20.3 Å². The maximum absolute atomic E-state index is 11.8. The van der Waals surface area contributed by atoms with Crippen molar-refractivity contribution in [2.45, 2.75) is 39.0 Å². The molecule has 8 nitrogen and oxygen atoms in total. The molecular formula is C23H29N2O6+. The molecule has 0 spiro atoms. The topological polar surface area (TPSA) is 93.9 Å². The zero-order valence-corrected chi connectivity index (χ0v) is 18.4. The minimum Gasteiger partial charge on any atom is -0.462 e. The average molecular weight is 429 g/mol. The SMILES string of the molecule is C=C(C)C(=O)OCCOC(=O)CCC(=O)ON/C=C/C1=[N+](C)c2ccccc2C1(C)C. The van der Waals surface area contributed by atoms with Crippen LogP contribution in [0.4, 0.5) is 5.69 Å². The number of allylic oxidation sites excluding steroid dienone is 1. The molecule has 0 bridgehead atoms. The van der Waals surface area contributed by atoms with Crippen molar-refractivity contribution in [3.05, 3.63) is 54.3 Å². The molecule has 1 heterocycles. The smallest absolute Gasteiger partial charge is 0.333 e. The Morgan fingerprint density at radius 3 is 2.42 bits per heavy atom. The molecule has 8 heteroatoms. The summed E-state index contributed by atoms with van der Waals surface area (Å²) in [4.78, 5) is 39.5. The Labute approximate surface area is 182 Å². The lowest BCUT2D eigenvalue weighted by Crippen LogP contribution is -2.27. The van der Waals surface area contributed by atoms with Crippen molar-refractivity contribution in [2.24, 2.45) is 0 Å². The number of carbonyl (C=O) groups is 3. The van der Waals surface area contributed by atoms with E-state index in [2.05, 4.69) is 42.6 Å².